The summed E-state index contributed by atoms with van der Waals surface area (Å²) in [4.78, 5) is 25.2. The van der Waals surface area contributed by atoms with Crippen molar-refractivity contribution in [3.05, 3.63) is 59.7 Å². The third-order valence-corrected chi connectivity index (χ3v) is 5.39. The standard InChI is InChI=1S/C24H32N2O3S/c1-17(2)26-22(27)16-30-21-9-7-6-8-20(21)23(28)25-14-15-29-19-12-10-18(11-13-19)24(3,4)5/h6-13,17H,14-16H2,1-5H3,(H,25,28)(H,26,27). The van der Waals surface area contributed by atoms with Gasteiger partial charge in [0.15, 0.2) is 0 Å². The smallest absolute Gasteiger partial charge is 0.252 e. The minimum atomic E-state index is -0.172. The molecule has 6 heteroatoms. The zero-order valence-electron chi connectivity index (χ0n) is 18.5. The fourth-order valence-electron chi connectivity index (χ4n) is 2.77. The van der Waals surface area contributed by atoms with E-state index < -0.39 is 0 Å². The van der Waals surface area contributed by atoms with Crippen molar-refractivity contribution in [3.63, 3.8) is 0 Å². The first kappa shape index (κ1) is 23.8. The zero-order valence-corrected chi connectivity index (χ0v) is 19.3. The van der Waals surface area contributed by atoms with Gasteiger partial charge >= 0.3 is 0 Å². The molecule has 0 radical (unpaired) electrons. The predicted octanol–water partition coefficient (Wildman–Crippen LogP) is 4.41. The van der Waals surface area contributed by atoms with Crippen molar-refractivity contribution in [2.45, 2.75) is 51.0 Å². The Balaban J connectivity index is 1.83. The molecule has 162 valence electrons. The lowest BCUT2D eigenvalue weighted by Gasteiger charge is -2.19. The highest BCUT2D eigenvalue weighted by Crippen LogP contribution is 2.24. The number of hydrogen-bond donors (Lipinski definition) is 2. The second-order valence-corrected chi connectivity index (χ2v) is 9.40. The van der Waals surface area contributed by atoms with Gasteiger partial charge in [0, 0.05) is 10.9 Å². The maximum atomic E-state index is 12.6. The van der Waals surface area contributed by atoms with Crippen molar-refractivity contribution in [1.82, 2.24) is 10.6 Å². The summed E-state index contributed by atoms with van der Waals surface area (Å²) in [7, 11) is 0. The number of thioether (sulfide) groups is 1. The van der Waals surface area contributed by atoms with Gasteiger partial charge in [-0.25, -0.2) is 0 Å². The van der Waals surface area contributed by atoms with E-state index in [0.29, 0.717) is 18.7 Å². The fraction of sp³-hybridized carbons (Fsp3) is 0.417. The monoisotopic (exact) mass is 428 g/mol. The highest BCUT2D eigenvalue weighted by atomic mass is 32.2. The lowest BCUT2D eigenvalue weighted by Crippen LogP contribution is -2.31. The summed E-state index contributed by atoms with van der Waals surface area (Å²) < 4.78 is 5.73. The van der Waals surface area contributed by atoms with Crippen LogP contribution in [0.1, 0.15) is 50.5 Å². The lowest BCUT2D eigenvalue weighted by molar-refractivity contribution is -0.119. The van der Waals surface area contributed by atoms with Crippen LogP contribution in [-0.4, -0.2) is 36.8 Å². The summed E-state index contributed by atoms with van der Waals surface area (Å²) in [5, 5.41) is 5.74. The molecule has 0 saturated heterocycles. The maximum Gasteiger partial charge on any atom is 0.252 e. The first-order valence-electron chi connectivity index (χ1n) is 10.2. The molecule has 2 amide bonds. The first-order chi connectivity index (χ1) is 14.2. The summed E-state index contributed by atoms with van der Waals surface area (Å²) >= 11 is 1.36. The van der Waals surface area contributed by atoms with Crippen molar-refractivity contribution in [3.8, 4) is 5.75 Å². The van der Waals surface area contributed by atoms with Gasteiger partial charge in [0.25, 0.3) is 5.91 Å². The van der Waals surface area contributed by atoms with Gasteiger partial charge in [-0.15, -0.1) is 11.8 Å². The van der Waals surface area contributed by atoms with Gasteiger partial charge in [-0.3, -0.25) is 9.59 Å². The average molecular weight is 429 g/mol. The Kier molecular flexibility index (Phi) is 8.78. The molecule has 0 aliphatic heterocycles. The molecule has 5 nitrogen and oxygen atoms in total. The van der Waals surface area contributed by atoms with Crippen LogP contribution in [0.15, 0.2) is 53.4 Å². The summed E-state index contributed by atoms with van der Waals surface area (Å²) in [6, 6.07) is 15.5. The van der Waals surface area contributed by atoms with E-state index in [0.717, 1.165) is 10.6 Å². The van der Waals surface area contributed by atoms with Crippen molar-refractivity contribution < 1.29 is 14.3 Å². The van der Waals surface area contributed by atoms with Crippen LogP contribution in [0.5, 0.6) is 5.75 Å². The van der Waals surface area contributed by atoms with Crippen LogP contribution in [0.25, 0.3) is 0 Å². The number of benzene rings is 2. The molecule has 0 saturated carbocycles. The largest absolute Gasteiger partial charge is 0.492 e. The molecule has 0 aliphatic carbocycles. The zero-order chi connectivity index (χ0) is 22.1. The van der Waals surface area contributed by atoms with Crippen LogP contribution < -0.4 is 15.4 Å². The molecule has 2 N–H and O–H groups in total. The van der Waals surface area contributed by atoms with Gasteiger partial charge in [0.1, 0.15) is 12.4 Å². The van der Waals surface area contributed by atoms with Crippen molar-refractivity contribution in [1.29, 1.82) is 0 Å². The summed E-state index contributed by atoms with van der Waals surface area (Å²) in [5.41, 5.74) is 1.92. The maximum absolute atomic E-state index is 12.6. The molecule has 2 aromatic rings. The van der Waals surface area contributed by atoms with E-state index in [1.807, 2.05) is 44.2 Å². The van der Waals surface area contributed by atoms with E-state index in [-0.39, 0.29) is 29.0 Å². The number of carbonyl (C=O) groups excluding carboxylic acids is 2. The minimum Gasteiger partial charge on any atom is -0.492 e. The summed E-state index contributed by atoms with van der Waals surface area (Å²) in [6.45, 7) is 11.1. The number of ether oxygens (including phenoxy) is 1. The minimum absolute atomic E-state index is 0.0453. The molecule has 0 spiro atoms. The van der Waals surface area contributed by atoms with E-state index in [4.69, 9.17) is 4.74 Å². The lowest BCUT2D eigenvalue weighted by atomic mass is 9.87. The predicted molar refractivity (Wildman–Crippen MR) is 123 cm³/mol. The number of rotatable bonds is 9. The van der Waals surface area contributed by atoms with Gasteiger partial charge in [-0.2, -0.15) is 0 Å². The molecular formula is C24H32N2O3S. The van der Waals surface area contributed by atoms with Crippen LogP contribution in [0.2, 0.25) is 0 Å². The Morgan fingerprint density at radius 2 is 1.70 bits per heavy atom. The molecule has 0 unspecified atom stereocenters. The number of amides is 2. The van der Waals surface area contributed by atoms with Crippen molar-refractivity contribution in [2.24, 2.45) is 0 Å². The number of hydrogen-bond acceptors (Lipinski definition) is 4. The Morgan fingerprint density at radius 1 is 1.03 bits per heavy atom. The number of carbonyl (C=O) groups is 2. The Morgan fingerprint density at radius 3 is 2.33 bits per heavy atom. The van der Waals surface area contributed by atoms with Crippen LogP contribution in [0.4, 0.5) is 0 Å². The van der Waals surface area contributed by atoms with Gasteiger partial charge in [0.2, 0.25) is 5.91 Å². The fourth-order valence-corrected chi connectivity index (χ4v) is 3.63. The van der Waals surface area contributed by atoms with E-state index in [1.54, 1.807) is 6.07 Å². The molecule has 0 fully saturated rings. The molecule has 0 aromatic heterocycles. The summed E-state index contributed by atoms with van der Waals surface area (Å²) in [6.07, 6.45) is 0. The molecular weight excluding hydrogens is 396 g/mol. The quantitative estimate of drug-likeness (QED) is 0.459. The summed E-state index contributed by atoms with van der Waals surface area (Å²) in [5.74, 6) is 0.838. The molecule has 0 aliphatic rings. The van der Waals surface area contributed by atoms with Crippen LogP contribution in [0.3, 0.4) is 0 Å². The highest BCUT2D eigenvalue weighted by Gasteiger charge is 2.14. The molecule has 0 heterocycles. The van der Waals surface area contributed by atoms with Gasteiger partial charge in [0.05, 0.1) is 17.9 Å². The van der Waals surface area contributed by atoms with E-state index in [1.165, 1.54) is 17.3 Å². The molecule has 2 rings (SSSR count). The molecule has 0 bridgehead atoms. The van der Waals surface area contributed by atoms with E-state index in [9.17, 15) is 9.59 Å². The highest BCUT2D eigenvalue weighted by molar-refractivity contribution is 8.00. The van der Waals surface area contributed by atoms with Crippen LogP contribution in [0, 0.1) is 0 Å². The Labute approximate surface area is 184 Å². The molecule has 0 atom stereocenters. The molecule has 2 aromatic carbocycles. The second-order valence-electron chi connectivity index (χ2n) is 8.39. The Bertz CT molecular complexity index is 842. The SMILES string of the molecule is CC(C)NC(=O)CSc1ccccc1C(=O)NCCOc1ccc(C(C)(C)C)cc1. The normalized spacial score (nSPS) is 11.3. The van der Waals surface area contributed by atoms with Crippen molar-refractivity contribution >= 4 is 23.6 Å². The van der Waals surface area contributed by atoms with Crippen LogP contribution >= 0.6 is 11.8 Å². The number of nitrogens with one attached hydrogen (secondary N) is 2. The van der Waals surface area contributed by atoms with Crippen LogP contribution in [-0.2, 0) is 10.2 Å². The first-order valence-corrected chi connectivity index (χ1v) is 11.2. The third-order valence-electron chi connectivity index (χ3n) is 4.32. The third kappa shape index (κ3) is 7.75. The van der Waals surface area contributed by atoms with Gasteiger partial charge in [-0.1, -0.05) is 45.0 Å². The second kappa shape index (κ2) is 11.1. The average Bonchev–Trinajstić information content (AvgIpc) is 2.69. The van der Waals surface area contributed by atoms with E-state index >= 15 is 0 Å². The topological polar surface area (TPSA) is 67.4 Å². The van der Waals surface area contributed by atoms with Gasteiger partial charge < -0.3 is 15.4 Å². The van der Waals surface area contributed by atoms with Gasteiger partial charge in [-0.05, 0) is 49.1 Å². The van der Waals surface area contributed by atoms with Crippen molar-refractivity contribution in [2.75, 3.05) is 18.9 Å². The molecule has 30 heavy (non-hydrogen) atoms. The van der Waals surface area contributed by atoms with E-state index in [2.05, 4.69) is 43.5 Å². The Hall–Kier alpha value is -2.47.